The van der Waals surface area contributed by atoms with Gasteiger partial charge in [0.1, 0.15) is 18.2 Å². The Morgan fingerprint density at radius 3 is 2.66 bits per heavy atom. The van der Waals surface area contributed by atoms with Gasteiger partial charge in [0.25, 0.3) is 0 Å². The Labute approximate surface area is 170 Å². The zero-order valence-electron chi connectivity index (χ0n) is 16.7. The van der Waals surface area contributed by atoms with E-state index in [0.29, 0.717) is 5.75 Å². The van der Waals surface area contributed by atoms with Gasteiger partial charge in [-0.1, -0.05) is 30.3 Å². The van der Waals surface area contributed by atoms with Crippen molar-refractivity contribution >= 4 is 11.5 Å². The molecule has 148 valence electrons. The van der Waals surface area contributed by atoms with Crippen molar-refractivity contribution in [3.05, 3.63) is 83.7 Å². The topological polar surface area (TPSA) is 29.5 Å². The van der Waals surface area contributed by atoms with Crippen LogP contribution >= 0.6 is 0 Å². The van der Waals surface area contributed by atoms with E-state index in [9.17, 15) is 9.18 Å². The number of rotatable bonds is 6. The molecule has 0 saturated heterocycles. The van der Waals surface area contributed by atoms with Crippen LogP contribution in [0.3, 0.4) is 0 Å². The lowest BCUT2D eigenvalue weighted by atomic mass is 9.98. The smallest absolute Gasteiger partial charge is 0.167 e. The standard InChI is InChI=1S/C25H24FNO2/c1-17(28)16-29-23-8-4-7-22(15-23)27(2)25-12-11-18-9-10-20(14-24(18)25)19-5-3-6-21(26)13-19/h3-10,13-15,25H,11-12,16H2,1-2H3. The molecule has 4 rings (SSSR count). The third-order valence-electron chi connectivity index (χ3n) is 5.48. The van der Waals surface area contributed by atoms with Crippen molar-refractivity contribution in [2.45, 2.75) is 25.8 Å². The number of hydrogen-bond donors (Lipinski definition) is 0. The quantitative estimate of drug-likeness (QED) is 0.551. The summed E-state index contributed by atoms with van der Waals surface area (Å²) in [5.74, 6) is 0.466. The van der Waals surface area contributed by atoms with Crippen LogP contribution in [0.15, 0.2) is 66.7 Å². The van der Waals surface area contributed by atoms with Gasteiger partial charge in [0, 0.05) is 18.8 Å². The summed E-state index contributed by atoms with van der Waals surface area (Å²) in [5, 5.41) is 0. The predicted molar refractivity (Wildman–Crippen MR) is 114 cm³/mol. The zero-order valence-corrected chi connectivity index (χ0v) is 16.7. The highest BCUT2D eigenvalue weighted by atomic mass is 19.1. The lowest BCUT2D eigenvalue weighted by Crippen LogP contribution is -2.22. The van der Waals surface area contributed by atoms with E-state index in [4.69, 9.17) is 4.74 Å². The number of aryl methyl sites for hydroxylation is 1. The van der Waals surface area contributed by atoms with E-state index in [0.717, 1.165) is 29.7 Å². The molecule has 0 fully saturated rings. The number of fused-ring (bicyclic) bond motifs is 1. The number of hydrogen-bond acceptors (Lipinski definition) is 3. The van der Waals surface area contributed by atoms with Gasteiger partial charge in [-0.15, -0.1) is 0 Å². The zero-order chi connectivity index (χ0) is 20.4. The molecule has 0 N–H and O–H groups in total. The minimum absolute atomic E-state index is 0.00152. The van der Waals surface area contributed by atoms with E-state index in [1.807, 2.05) is 24.3 Å². The molecular weight excluding hydrogens is 365 g/mol. The van der Waals surface area contributed by atoms with Crippen molar-refractivity contribution in [2.75, 3.05) is 18.6 Å². The van der Waals surface area contributed by atoms with Crippen molar-refractivity contribution in [1.29, 1.82) is 0 Å². The van der Waals surface area contributed by atoms with Crippen LogP contribution in [-0.2, 0) is 11.2 Å². The summed E-state index contributed by atoms with van der Waals surface area (Å²) in [5.41, 5.74) is 5.58. The van der Waals surface area contributed by atoms with Gasteiger partial charge in [-0.05, 0) is 72.4 Å². The maximum atomic E-state index is 13.7. The molecule has 29 heavy (non-hydrogen) atoms. The minimum Gasteiger partial charge on any atom is -0.486 e. The molecule has 0 saturated carbocycles. The van der Waals surface area contributed by atoms with Crippen LogP contribution in [0.2, 0.25) is 0 Å². The number of ether oxygens (including phenoxy) is 1. The first-order chi connectivity index (χ1) is 14.0. The van der Waals surface area contributed by atoms with Crippen LogP contribution in [0.5, 0.6) is 5.75 Å². The molecule has 3 nitrogen and oxygen atoms in total. The van der Waals surface area contributed by atoms with Crippen LogP contribution < -0.4 is 9.64 Å². The van der Waals surface area contributed by atoms with E-state index in [2.05, 4.69) is 36.2 Å². The molecule has 0 radical (unpaired) electrons. The van der Waals surface area contributed by atoms with Crippen LogP contribution in [-0.4, -0.2) is 19.4 Å². The van der Waals surface area contributed by atoms with Gasteiger partial charge in [-0.2, -0.15) is 0 Å². The summed E-state index contributed by atoms with van der Waals surface area (Å²) < 4.78 is 19.2. The molecule has 4 heteroatoms. The highest BCUT2D eigenvalue weighted by molar-refractivity contribution is 5.77. The Morgan fingerprint density at radius 1 is 1.07 bits per heavy atom. The first kappa shape index (κ1) is 19.2. The first-order valence-electron chi connectivity index (χ1n) is 9.85. The molecule has 1 atom stereocenters. The molecule has 0 aromatic heterocycles. The van der Waals surface area contributed by atoms with E-state index in [1.54, 1.807) is 12.1 Å². The largest absolute Gasteiger partial charge is 0.486 e. The summed E-state index contributed by atoms with van der Waals surface area (Å²) in [7, 11) is 2.08. The van der Waals surface area contributed by atoms with Crippen molar-refractivity contribution < 1.29 is 13.9 Å². The lowest BCUT2D eigenvalue weighted by Gasteiger charge is -2.28. The van der Waals surface area contributed by atoms with Crippen molar-refractivity contribution in [3.8, 4) is 16.9 Å². The van der Waals surface area contributed by atoms with Gasteiger partial charge >= 0.3 is 0 Å². The monoisotopic (exact) mass is 389 g/mol. The summed E-state index contributed by atoms with van der Waals surface area (Å²) in [6.07, 6.45) is 2.05. The molecule has 0 aliphatic heterocycles. The highest BCUT2D eigenvalue weighted by Gasteiger charge is 2.27. The van der Waals surface area contributed by atoms with Gasteiger partial charge in [-0.25, -0.2) is 4.39 Å². The second-order valence-corrected chi connectivity index (χ2v) is 7.58. The normalized spacial score (nSPS) is 15.1. The average molecular weight is 389 g/mol. The van der Waals surface area contributed by atoms with Crippen molar-refractivity contribution in [1.82, 2.24) is 0 Å². The van der Waals surface area contributed by atoms with Crippen LogP contribution in [0, 0.1) is 5.82 Å². The SMILES string of the molecule is CC(=O)COc1cccc(N(C)C2CCc3ccc(-c4cccc(F)c4)cc32)c1. The van der Waals surface area contributed by atoms with Crippen LogP contribution in [0.25, 0.3) is 11.1 Å². The molecule has 0 bridgehead atoms. The summed E-state index contributed by atoms with van der Waals surface area (Å²) in [6.45, 7) is 1.60. The first-order valence-corrected chi connectivity index (χ1v) is 9.85. The Kier molecular flexibility index (Phi) is 5.34. The second-order valence-electron chi connectivity index (χ2n) is 7.58. The molecule has 3 aromatic carbocycles. The van der Waals surface area contributed by atoms with Crippen LogP contribution in [0.1, 0.15) is 30.5 Å². The van der Waals surface area contributed by atoms with Gasteiger partial charge < -0.3 is 9.64 Å². The van der Waals surface area contributed by atoms with Gasteiger partial charge in [0.2, 0.25) is 0 Å². The fraction of sp³-hybridized carbons (Fsp3) is 0.240. The molecule has 3 aromatic rings. The number of nitrogens with zero attached hydrogens (tertiary/aromatic N) is 1. The molecule has 0 heterocycles. The number of Topliss-reactive ketones (excluding diaryl/α,β-unsaturated/α-hetero) is 1. The molecule has 1 unspecified atom stereocenters. The highest BCUT2D eigenvalue weighted by Crippen LogP contribution is 2.40. The number of ketones is 1. The van der Waals surface area contributed by atoms with E-state index in [-0.39, 0.29) is 24.2 Å². The van der Waals surface area contributed by atoms with Gasteiger partial charge in [0.05, 0.1) is 6.04 Å². The van der Waals surface area contributed by atoms with Gasteiger partial charge in [-0.3, -0.25) is 4.79 Å². The predicted octanol–water partition coefficient (Wildman–Crippen LogP) is 5.58. The molecular formula is C25H24FNO2. The Hall–Kier alpha value is -3.14. The maximum Gasteiger partial charge on any atom is 0.167 e. The number of halogens is 1. The van der Waals surface area contributed by atoms with E-state index in [1.165, 1.54) is 24.1 Å². The summed E-state index contributed by atoms with van der Waals surface area (Å²) in [6, 6.07) is 21.2. The molecule has 1 aliphatic carbocycles. The minimum atomic E-state index is -0.223. The second kappa shape index (κ2) is 8.08. The fourth-order valence-electron chi connectivity index (χ4n) is 3.99. The third-order valence-corrected chi connectivity index (χ3v) is 5.48. The maximum absolute atomic E-state index is 13.7. The Bertz CT molecular complexity index is 1050. The lowest BCUT2D eigenvalue weighted by molar-refractivity contribution is -0.118. The summed E-state index contributed by atoms with van der Waals surface area (Å²) in [4.78, 5) is 13.4. The number of anilines is 1. The third kappa shape index (κ3) is 4.16. The molecule has 1 aliphatic rings. The van der Waals surface area contributed by atoms with E-state index >= 15 is 0 Å². The Balaban J connectivity index is 1.61. The van der Waals surface area contributed by atoms with Crippen molar-refractivity contribution in [3.63, 3.8) is 0 Å². The van der Waals surface area contributed by atoms with E-state index < -0.39 is 0 Å². The number of carbonyl (C=O) groups is 1. The summed E-state index contributed by atoms with van der Waals surface area (Å²) >= 11 is 0. The average Bonchev–Trinajstić information content (AvgIpc) is 3.15. The Morgan fingerprint density at radius 2 is 1.86 bits per heavy atom. The number of benzene rings is 3. The fourth-order valence-corrected chi connectivity index (χ4v) is 3.99. The number of carbonyl (C=O) groups excluding carboxylic acids is 1. The van der Waals surface area contributed by atoms with Gasteiger partial charge in [0.15, 0.2) is 5.78 Å². The van der Waals surface area contributed by atoms with Crippen LogP contribution in [0.4, 0.5) is 10.1 Å². The molecule has 0 spiro atoms. The molecule has 0 amide bonds. The van der Waals surface area contributed by atoms with Crippen molar-refractivity contribution in [2.24, 2.45) is 0 Å².